The van der Waals surface area contributed by atoms with Crippen LogP contribution >= 0.6 is 12.6 Å². The molecule has 0 radical (unpaired) electrons. The number of benzene rings is 1. The Morgan fingerprint density at radius 2 is 1.81 bits per heavy atom. The number of thiol groups is 1. The number of unbranched alkanes of at least 4 members (excludes halogenated alkanes) is 3. The van der Waals surface area contributed by atoms with E-state index >= 15 is 0 Å². The molecule has 142 valence electrons. The molecule has 2 aromatic rings. The number of nitrogens with zero attached hydrogens (tertiary/aromatic N) is 2. The molecule has 1 aromatic heterocycles. The molecular formula is C20H28FN3OS. The summed E-state index contributed by atoms with van der Waals surface area (Å²) in [5, 5.41) is 7.44. The topological polar surface area (TPSA) is 46.9 Å². The van der Waals surface area contributed by atoms with E-state index in [2.05, 4.69) is 23.0 Å². The van der Waals surface area contributed by atoms with Crippen LogP contribution in [0.5, 0.6) is 0 Å². The highest BCUT2D eigenvalue weighted by atomic mass is 32.1. The van der Waals surface area contributed by atoms with Gasteiger partial charge in [0.2, 0.25) is 0 Å². The van der Waals surface area contributed by atoms with Gasteiger partial charge in [-0.2, -0.15) is 17.7 Å². The van der Waals surface area contributed by atoms with Crippen molar-refractivity contribution in [2.45, 2.75) is 52.0 Å². The van der Waals surface area contributed by atoms with Gasteiger partial charge in [-0.15, -0.1) is 0 Å². The molecule has 1 amide bonds. The molecule has 0 saturated carbocycles. The zero-order chi connectivity index (χ0) is 19.2. The van der Waals surface area contributed by atoms with E-state index in [1.165, 1.54) is 12.1 Å². The molecule has 2 rings (SSSR count). The normalized spacial score (nSPS) is 11.6. The summed E-state index contributed by atoms with van der Waals surface area (Å²) in [4.78, 5) is 12.5. The van der Waals surface area contributed by atoms with Gasteiger partial charge in [0.05, 0.1) is 11.2 Å². The van der Waals surface area contributed by atoms with Crippen molar-refractivity contribution in [3.8, 4) is 11.3 Å². The van der Waals surface area contributed by atoms with Crippen LogP contribution in [0.3, 0.4) is 0 Å². The summed E-state index contributed by atoms with van der Waals surface area (Å²) in [5.41, 5.74) is 1.72. The molecule has 0 unspecified atom stereocenters. The number of hydrogen-bond donors (Lipinski definition) is 2. The van der Waals surface area contributed by atoms with Crippen LogP contribution in [0.25, 0.3) is 11.3 Å². The zero-order valence-electron chi connectivity index (χ0n) is 15.8. The van der Waals surface area contributed by atoms with E-state index in [0.717, 1.165) is 42.7 Å². The maximum absolute atomic E-state index is 13.2. The lowest BCUT2D eigenvalue weighted by Crippen LogP contribution is -2.27. The molecule has 0 aliphatic carbocycles. The number of hydrogen-bond acceptors (Lipinski definition) is 3. The highest BCUT2D eigenvalue weighted by Crippen LogP contribution is 2.27. The van der Waals surface area contributed by atoms with E-state index in [4.69, 9.17) is 0 Å². The number of nitrogens with one attached hydrogen (secondary N) is 1. The van der Waals surface area contributed by atoms with Crippen LogP contribution in [0, 0.1) is 5.82 Å². The highest BCUT2D eigenvalue weighted by Gasteiger charge is 2.23. The largest absolute Gasteiger partial charge is 0.351 e. The van der Waals surface area contributed by atoms with Gasteiger partial charge in [0.25, 0.3) is 5.91 Å². The Morgan fingerprint density at radius 1 is 1.15 bits per heavy atom. The summed E-state index contributed by atoms with van der Waals surface area (Å²) in [7, 11) is 0. The number of amides is 1. The first-order valence-electron chi connectivity index (χ1n) is 9.08. The summed E-state index contributed by atoms with van der Waals surface area (Å²) in [6.45, 7) is 6.71. The molecule has 26 heavy (non-hydrogen) atoms. The minimum Gasteiger partial charge on any atom is -0.351 e. The van der Waals surface area contributed by atoms with Gasteiger partial charge < -0.3 is 5.32 Å². The van der Waals surface area contributed by atoms with Crippen LogP contribution in [-0.4, -0.2) is 28.0 Å². The molecule has 0 aliphatic rings. The molecule has 6 heteroatoms. The lowest BCUT2D eigenvalue weighted by molar-refractivity contribution is 0.0946. The van der Waals surface area contributed by atoms with Gasteiger partial charge in [-0.3, -0.25) is 9.48 Å². The zero-order valence-corrected chi connectivity index (χ0v) is 16.7. The smallest absolute Gasteiger partial charge is 0.271 e. The third-order valence-corrected chi connectivity index (χ3v) is 4.40. The molecule has 1 aromatic carbocycles. The second kappa shape index (κ2) is 9.21. The monoisotopic (exact) mass is 377 g/mol. The van der Waals surface area contributed by atoms with Crippen molar-refractivity contribution < 1.29 is 9.18 Å². The van der Waals surface area contributed by atoms with Crippen LogP contribution in [0.15, 0.2) is 30.3 Å². The molecule has 0 fully saturated rings. The average molecular weight is 378 g/mol. The Bertz CT molecular complexity index is 720. The van der Waals surface area contributed by atoms with Crippen LogP contribution in [-0.2, 0) is 5.54 Å². The lowest BCUT2D eigenvalue weighted by atomic mass is 10.1. The summed E-state index contributed by atoms with van der Waals surface area (Å²) in [6.07, 6.45) is 4.27. The second-order valence-electron chi connectivity index (χ2n) is 7.40. The first-order valence-corrected chi connectivity index (χ1v) is 9.71. The SMILES string of the molecule is CC(C)(C)n1nc(C(=O)NCCCCCCS)cc1-c1ccc(F)cc1. The van der Waals surface area contributed by atoms with Crippen molar-refractivity contribution in [3.63, 3.8) is 0 Å². The van der Waals surface area contributed by atoms with Crippen molar-refractivity contribution in [1.82, 2.24) is 15.1 Å². The fourth-order valence-corrected chi connectivity index (χ4v) is 2.94. The van der Waals surface area contributed by atoms with Gasteiger partial charge in [0.15, 0.2) is 5.69 Å². The lowest BCUT2D eigenvalue weighted by Gasteiger charge is -2.22. The van der Waals surface area contributed by atoms with Gasteiger partial charge >= 0.3 is 0 Å². The Kier molecular flexibility index (Phi) is 7.26. The summed E-state index contributed by atoms with van der Waals surface area (Å²) < 4.78 is 15.1. The Balaban J connectivity index is 2.12. The Hall–Kier alpha value is -1.82. The minimum atomic E-state index is -0.297. The summed E-state index contributed by atoms with van der Waals surface area (Å²) in [6, 6.07) is 8.02. The maximum atomic E-state index is 13.2. The van der Waals surface area contributed by atoms with Crippen LogP contribution in [0.4, 0.5) is 4.39 Å². The van der Waals surface area contributed by atoms with E-state index in [1.54, 1.807) is 18.2 Å². The van der Waals surface area contributed by atoms with E-state index in [9.17, 15) is 9.18 Å². The van der Waals surface area contributed by atoms with Crippen LogP contribution in [0.1, 0.15) is 56.9 Å². The van der Waals surface area contributed by atoms with E-state index in [0.29, 0.717) is 12.2 Å². The molecule has 0 aliphatic heterocycles. The second-order valence-corrected chi connectivity index (χ2v) is 7.85. The number of aromatic nitrogens is 2. The highest BCUT2D eigenvalue weighted by molar-refractivity contribution is 7.80. The summed E-state index contributed by atoms with van der Waals surface area (Å²) in [5.74, 6) is 0.444. The predicted octanol–water partition coefficient (Wildman–Crippen LogP) is 4.66. The quantitative estimate of drug-likeness (QED) is 0.519. The number of carbonyl (C=O) groups excluding carboxylic acids is 1. The molecule has 0 atom stereocenters. The number of carbonyl (C=O) groups is 1. The van der Waals surface area contributed by atoms with Crippen molar-refractivity contribution in [3.05, 3.63) is 41.8 Å². The van der Waals surface area contributed by atoms with Gasteiger partial charge in [-0.05, 0) is 69.7 Å². The van der Waals surface area contributed by atoms with E-state index < -0.39 is 0 Å². The average Bonchev–Trinajstić information content (AvgIpc) is 3.04. The third kappa shape index (κ3) is 5.59. The number of halogens is 1. The Morgan fingerprint density at radius 3 is 2.42 bits per heavy atom. The molecular weight excluding hydrogens is 349 g/mol. The van der Waals surface area contributed by atoms with Gasteiger partial charge in [0, 0.05) is 12.1 Å². The van der Waals surface area contributed by atoms with Crippen molar-refractivity contribution in [2.75, 3.05) is 12.3 Å². The van der Waals surface area contributed by atoms with Gasteiger partial charge in [-0.25, -0.2) is 4.39 Å². The summed E-state index contributed by atoms with van der Waals surface area (Å²) >= 11 is 4.20. The van der Waals surface area contributed by atoms with Crippen LogP contribution in [0.2, 0.25) is 0 Å². The van der Waals surface area contributed by atoms with Gasteiger partial charge in [-0.1, -0.05) is 12.8 Å². The minimum absolute atomic E-state index is 0.175. The fraction of sp³-hybridized carbons (Fsp3) is 0.500. The van der Waals surface area contributed by atoms with E-state index in [-0.39, 0.29) is 17.3 Å². The number of rotatable bonds is 8. The van der Waals surface area contributed by atoms with Crippen molar-refractivity contribution in [1.29, 1.82) is 0 Å². The fourth-order valence-electron chi connectivity index (χ4n) is 2.71. The third-order valence-electron chi connectivity index (χ3n) is 4.09. The first-order chi connectivity index (χ1) is 12.3. The molecule has 1 heterocycles. The first kappa shape index (κ1) is 20.5. The van der Waals surface area contributed by atoms with Crippen LogP contribution < -0.4 is 5.32 Å². The maximum Gasteiger partial charge on any atom is 0.271 e. The molecule has 0 spiro atoms. The van der Waals surface area contributed by atoms with E-state index in [1.807, 2.05) is 25.5 Å². The van der Waals surface area contributed by atoms with Crippen molar-refractivity contribution in [2.24, 2.45) is 0 Å². The predicted molar refractivity (Wildman–Crippen MR) is 107 cm³/mol. The molecule has 1 N–H and O–H groups in total. The Labute approximate surface area is 160 Å². The molecule has 0 saturated heterocycles. The van der Waals surface area contributed by atoms with Crippen molar-refractivity contribution >= 4 is 18.5 Å². The standard InChI is InChI=1S/C20H28FN3OS/c1-20(2,3)24-18(15-8-10-16(21)11-9-15)14-17(23-24)19(25)22-12-6-4-5-7-13-26/h8-11,14,26H,4-7,12-13H2,1-3H3,(H,22,25). The van der Waals surface area contributed by atoms with Gasteiger partial charge in [0.1, 0.15) is 5.82 Å². The molecule has 0 bridgehead atoms. The molecule has 4 nitrogen and oxygen atoms in total.